The lowest BCUT2D eigenvalue weighted by Gasteiger charge is -2.39. The lowest BCUT2D eigenvalue weighted by atomic mass is 9.83. The molecule has 3 fully saturated rings. The Kier molecular flexibility index (Phi) is 10.8. The van der Waals surface area contributed by atoms with Crippen molar-refractivity contribution < 1.29 is 19.1 Å². The van der Waals surface area contributed by atoms with Crippen LogP contribution in [0.5, 0.6) is 0 Å². The molecule has 0 unspecified atom stereocenters. The number of nitrogens with zero attached hydrogens (tertiary/aromatic N) is 4. The van der Waals surface area contributed by atoms with Gasteiger partial charge in [0.25, 0.3) is 0 Å². The number of hydrogen-bond donors (Lipinski definition) is 2. The predicted octanol–water partition coefficient (Wildman–Crippen LogP) is 1.42. The van der Waals surface area contributed by atoms with Crippen LogP contribution in [0.4, 0.5) is 4.79 Å². The Labute approximate surface area is 216 Å². The minimum absolute atomic E-state index is 0.0704. The number of morpholine rings is 2. The van der Waals surface area contributed by atoms with Crippen LogP contribution in [0.15, 0.2) is 0 Å². The van der Waals surface area contributed by atoms with E-state index in [0.29, 0.717) is 45.6 Å². The normalized spacial score (nSPS) is 22.4. The monoisotopic (exact) mass is 506 g/mol. The maximum Gasteiger partial charge on any atom is 0.318 e. The predicted molar refractivity (Wildman–Crippen MR) is 137 cm³/mol. The third-order valence-electron chi connectivity index (χ3n) is 8.10. The Morgan fingerprint density at radius 1 is 0.972 bits per heavy atom. The number of amides is 3. The number of hydrogen-bond acceptors (Lipinski definition) is 7. The van der Waals surface area contributed by atoms with Crippen LogP contribution >= 0.6 is 0 Å². The topological polar surface area (TPSA) is 110 Å². The van der Waals surface area contributed by atoms with Crippen molar-refractivity contribution >= 4 is 11.9 Å². The molecular formula is C26H46N6O4. The van der Waals surface area contributed by atoms with E-state index in [2.05, 4.69) is 47.3 Å². The molecule has 0 aromatic rings. The smallest absolute Gasteiger partial charge is 0.318 e. The Morgan fingerprint density at radius 3 is 2.08 bits per heavy atom. The second-order valence-electron chi connectivity index (χ2n) is 11.1. The van der Waals surface area contributed by atoms with Gasteiger partial charge in [0.05, 0.1) is 32.5 Å². The zero-order chi connectivity index (χ0) is 26.0. The number of urea groups is 1. The quantitative estimate of drug-likeness (QED) is 0.461. The number of rotatable bonds is 10. The first kappa shape index (κ1) is 28.6. The van der Waals surface area contributed by atoms with Gasteiger partial charge in [-0.25, -0.2) is 4.79 Å². The molecule has 0 saturated carbocycles. The number of carbonyl (C=O) groups excluding carboxylic acids is 2. The van der Waals surface area contributed by atoms with Gasteiger partial charge in [-0.15, -0.1) is 0 Å². The number of ether oxygens (including phenoxy) is 2. The molecule has 0 aromatic carbocycles. The molecule has 3 rings (SSSR count). The zero-order valence-electron chi connectivity index (χ0n) is 22.5. The molecule has 0 spiro atoms. The summed E-state index contributed by atoms with van der Waals surface area (Å²) in [7, 11) is 0. The molecule has 2 N–H and O–H groups in total. The molecule has 3 aliphatic rings. The van der Waals surface area contributed by atoms with Crippen LogP contribution in [0.25, 0.3) is 0 Å². The van der Waals surface area contributed by atoms with E-state index in [9.17, 15) is 14.9 Å². The zero-order valence-corrected chi connectivity index (χ0v) is 22.5. The molecule has 3 amide bonds. The summed E-state index contributed by atoms with van der Waals surface area (Å²) in [6.07, 6.45) is 3.50. The van der Waals surface area contributed by atoms with Crippen molar-refractivity contribution in [2.45, 2.75) is 64.5 Å². The summed E-state index contributed by atoms with van der Waals surface area (Å²) < 4.78 is 10.8. The maximum atomic E-state index is 13.5. The van der Waals surface area contributed by atoms with Crippen LogP contribution in [0.3, 0.4) is 0 Å². The fraction of sp³-hybridized carbons (Fsp3) is 0.885. The summed E-state index contributed by atoms with van der Waals surface area (Å²) >= 11 is 0. The number of carbonyl (C=O) groups is 2. The molecule has 0 radical (unpaired) electrons. The largest absolute Gasteiger partial charge is 0.379 e. The van der Waals surface area contributed by atoms with Crippen LogP contribution in [-0.2, 0) is 14.3 Å². The van der Waals surface area contributed by atoms with E-state index >= 15 is 0 Å². The van der Waals surface area contributed by atoms with Gasteiger partial charge >= 0.3 is 6.03 Å². The molecule has 3 aliphatic heterocycles. The molecule has 204 valence electrons. The van der Waals surface area contributed by atoms with E-state index < -0.39 is 11.6 Å². The van der Waals surface area contributed by atoms with E-state index in [0.717, 1.165) is 65.3 Å². The second-order valence-corrected chi connectivity index (χ2v) is 11.1. The summed E-state index contributed by atoms with van der Waals surface area (Å²) in [4.78, 5) is 32.8. The van der Waals surface area contributed by atoms with Gasteiger partial charge in [0.15, 0.2) is 0 Å². The molecule has 36 heavy (non-hydrogen) atoms. The fourth-order valence-electron chi connectivity index (χ4n) is 4.84. The molecule has 0 aromatic heterocycles. The maximum absolute atomic E-state index is 13.5. The molecule has 3 heterocycles. The lowest BCUT2D eigenvalue weighted by molar-refractivity contribution is -0.125. The second kappa shape index (κ2) is 13.6. The van der Waals surface area contributed by atoms with Crippen molar-refractivity contribution in [2.24, 2.45) is 5.41 Å². The van der Waals surface area contributed by atoms with E-state index in [4.69, 9.17) is 9.47 Å². The van der Waals surface area contributed by atoms with Gasteiger partial charge in [-0.3, -0.25) is 9.69 Å². The Hall–Kier alpha value is -1.93. The minimum atomic E-state index is -0.894. The van der Waals surface area contributed by atoms with Crippen molar-refractivity contribution in [3.63, 3.8) is 0 Å². The number of nitriles is 1. The van der Waals surface area contributed by atoms with Crippen LogP contribution in [0.1, 0.15) is 52.9 Å². The highest BCUT2D eigenvalue weighted by atomic mass is 16.5. The third kappa shape index (κ3) is 8.58. The Balaban J connectivity index is 1.56. The molecule has 10 heteroatoms. The van der Waals surface area contributed by atoms with Gasteiger partial charge in [0.2, 0.25) is 5.91 Å². The highest BCUT2D eigenvalue weighted by Crippen LogP contribution is 2.28. The van der Waals surface area contributed by atoms with Gasteiger partial charge < -0.3 is 29.9 Å². The van der Waals surface area contributed by atoms with E-state index in [1.807, 2.05) is 0 Å². The van der Waals surface area contributed by atoms with Crippen molar-refractivity contribution in [2.75, 3.05) is 78.8 Å². The summed E-state index contributed by atoms with van der Waals surface area (Å²) in [6, 6.07) is 1.49. The number of nitrogens with one attached hydrogen (secondary N) is 2. The first-order valence-electron chi connectivity index (χ1n) is 13.6. The van der Waals surface area contributed by atoms with Gasteiger partial charge in [-0.1, -0.05) is 27.2 Å². The minimum Gasteiger partial charge on any atom is -0.379 e. The molecule has 3 saturated heterocycles. The lowest BCUT2D eigenvalue weighted by Crippen LogP contribution is -2.60. The van der Waals surface area contributed by atoms with Crippen LogP contribution in [-0.4, -0.2) is 117 Å². The molecule has 0 bridgehead atoms. The van der Waals surface area contributed by atoms with Crippen molar-refractivity contribution in [1.82, 2.24) is 25.3 Å². The molecular weight excluding hydrogens is 460 g/mol. The first-order valence-corrected chi connectivity index (χ1v) is 13.6. The average Bonchev–Trinajstić information content (AvgIpc) is 2.91. The van der Waals surface area contributed by atoms with Crippen molar-refractivity contribution in [3.8, 4) is 6.07 Å². The SMILES string of the molecule is CCC(C)(C)CC[C@H](NC(=O)N1CCOCC1)C(=O)NC1(C#N)CCN(CCN2CCOCC2)CC1. The highest BCUT2D eigenvalue weighted by molar-refractivity contribution is 5.87. The number of likely N-dealkylation sites (tertiary alicyclic amines) is 1. The number of piperidine rings is 1. The first-order chi connectivity index (χ1) is 17.3. The standard InChI is InChI=1S/C26H46N6O4/c1-4-25(2,3)6-5-22(28-24(34)32-15-19-36-20-16-32)23(33)29-26(21-27)7-9-30(10-8-26)11-12-31-13-17-35-18-14-31/h22H,4-20H2,1-3H3,(H,28,34)(H,29,33)/t22-/m0/s1. The molecule has 1 atom stereocenters. The average molecular weight is 507 g/mol. The van der Waals surface area contributed by atoms with Crippen LogP contribution in [0.2, 0.25) is 0 Å². The van der Waals surface area contributed by atoms with E-state index in [1.165, 1.54) is 0 Å². The van der Waals surface area contributed by atoms with Gasteiger partial charge in [0.1, 0.15) is 11.6 Å². The van der Waals surface area contributed by atoms with Gasteiger partial charge in [-0.2, -0.15) is 5.26 Å². The summed E-state index contributed by atoms with van der Waals surface area (Å²) in [5.41, 5.74) is -0.824. The Morgan fingerprint density at radius 2 is 1.53 bits per heavy atom. The van der Waals surface area contributed by atoms with Crippen LogP contribution in [0, 0.1) is 16.7 Å². The van der Waals surface area contributed by atoms with Crippen LogP contribution < -0.4 is 10.6 Å². The van der Waals surface area contributed by atoms with Gasteiger partial charge in [-0.05, 0) is 31.1 Å². The molecule has 10 nitrogen and oxygen atoms in total. The van der Waals surface area contributed by atoms with Crippen molar-refractivity contribution in [3.05, 3.63) is 0 Å². The summed E-state index contributed by atoms with van der Waals surface area (Å²) in [6.45, 7) is 15.6. The van der Waals surface area contributed by atoms with E-state index in [-0.39, 0.29) is 17.4 Å². The highest BCUT2D eigenvalue weighted by Gasteiger charge is 2.38. The Bertz CT molecular complexity index is 750. The fourth-order valence-corrected chi connectivity index (χ4v) is 4.84. The summed E-state index contributed by atoms with van der Waals surface area (Å²) in [5, 5.41) is 16.1. The van der Waals surface area contributed by atoms with E-state index in [1.54, 1.807) is 4.90 Å². The van der Waals surface area contributed by atoms with Gasteiger partial charge in [0, 0.05) is 52.4 Å². The third-order valence-corrected chi connectivity index (χ3v) is 8.10. The van der Waals surface area contributed by atoms with Crippen molar-refractivity contribution in [1.29, 1.82) is 5.26 Å². The molecule has 0 aliphatic carbocycles. The summed E-state index contributed by atoms with van der Waals surface area (Å²) in [5.74, 6) is -0.258.